The van der Waals surface area contributed by atoms with Gasteiger partial charge in [0.05, 0.1) is 4.88 Å². The summed E-state index contributed by atoms with van der Waals surface area (Å²) in [5.41, 5.74) is 7.78. The fraction of sp³-hybridized carbons (Fsp3) is 0.211. The Labute approximate surface area is 145 Å². The first-order chi connectivity index (χ1) is 11.7. The van der Waals surface area contributed by atoms with Crippen LogP contribution in [0.2, 0.25) is 0 Å². The van der Waals surface area contributed by atoms with Crippen molar-refractivity contribution in [1.29, 1.82) is 0 Å². The molecule has 1 amide bonds. The van der Waals surface area contributed by atoms with Gasteiger partial charge in [0.15, 0.2) is 0 Å². The molecule has 0 unspecified atom stereocenters. The Balaban J connectivity index is 1.47. The summed E-state index contributed by atoms with van der Waals surface area (Å²) in [5, 5.41) is 1.05. The number of carbonyl (C=O) groups excluding carboxylic acids is 1. The van der Waals surface area contributed by atoms with Crippen LogP contribution in [0.3, 0.4) is 0 Å². The Hall–Kier alpha value is -2.53. The van der Waals surface area contributed by atoms with Gasteiger partial charge in [0.25, 0.3) is 5.91 Å². The molecular weight excluding hydrogens is 318 g/mol. The lowest BCUT2D eigenvalue weighted by atomic mass is 10.2. The molecule has 2 heterocycles. The van der Waals surface area contributed by atoms with Crippen LogP contribution in [0.15, 0.2) is 54.6 Å². The molecule has 0 spiro atoms. The summed E-state index contributed by atoms with van der Waals surface area (Å²) in [4.78, 5) is 17.9. The van der Waals surface area contributed by atoms with Crippen LogP contribution in [0.25, 0.3) is 10.1 Å². The van der Waals surface area contributed by atoms with Crippen LogP contribution in [0.5, 0.6) is 0 Å². The largest absolute Gasteiger partial charge is 0.399 e. The predicted octanol–water partition coefficient (Wildman–Crippen LogP) is 3.45. The third-order valence-electron chi connectivity index (χ3n) is 4.44. The lowest BCUT2D eigenvalue weighted by Crippen LogP contribution is -2.48. The van der Waals surface area contributed by atoms with Crippen molar-refractivity contribution in [3.05, 3.63) is 59.5 Å². The highest BCUT2D eigenvalue weighted by atomic mass is 32.1. The standard InChI is InChI=1S/C19H19N3OS/c20-15-6-7-17-14(12-15)13-18(24-17)19(23)22-10-8-21(9-11-22)16-4-2-1-3-5-16/h1-7,12-13H,8-11,20H2. The minimum Gasteiger partial charge on any atom is -0.399 e. The van der Waals surface area contributed by atoms with E-state index < -0.39 is 0 Å². The SMILES string of the molecule is Nc1ccc2sc(C(=O)N3CCN(c4ccccc4)CC3)cc2c1. The normalized spacial score (nSPS) is 15.0. The number of anilines is 2. The van der Waals surface area contributed by atoms with Crippen molar-refractivity contribution in [3.63, 3.8) is 0 Å². The van der Waals surface area contributed by atoms with E-state index in [2.05, 4.69) is 29.2 Å². The maximum atomic E-state index is 12.8. The molecule has 1 aliphatic rings. The van der Waals surface area contributed by atoms with Gasteiger partial charge >= 0.3 is 0 Å². The Morgan fingerprint density at radius 2 is 1.71 bits per heavy atom. The van der Waals surface area contributed by atoms with Gasteiger partial charge in [-0.2, -0.15) is 0 Å². The van der Waals surface area contributed by atoms with Crippen molar-refractivity contribution in [3.8, 4) is 0 Å². The minimum atomic E-state index is 0.127. The number of nitrogens with zero attached hydrogens (tertiary/aromatic N) is 2. The van der Waals surface area contributed by atoms with E-state index in [9.17, 15) is 4.79 Å². The first kappa shape index (κ1) is 15.0. The van der Waals surface area contributed by atoms with Crippen LogP contribution in [-0.2, 0) is 0 Å². The average molecular weight is 337 g/mol. The van der Waals surface area contributed by atoms with Gasteiger partial charge in [0.1, 0.15) is 0 Å². The van der Waals surface area contributed by atoms with Gasteiger partial charge in [-0.15, -0.1) is 11.3 Å². The predicted molar refractivity (Wildman–Crippen MR) is 101 cm³/mol. The summed E-state index contributed by atoms with van der Waals surface area (Å²) in [5.74, 6) is 0.127. The molecule has 1 aromatic heterocycles. The summed E-state index contributed by atoms with van der Waals surface area (Å²) in [6.45, 7) is 3.25. The Kier molecular flexibility index (Phi) is 3.86. The van der Waals surface area contributed by atoms with Crippen molar-refractivity contribution >= 4 is 38.7 Å². The highest BCUT2D eigenvalue weighted by Gasteiger charge is 2.23. The molecule has 0 atom stereocenters. The van der Waals surface area contributed by atoms with E-state index in [1.807, 2.05) is 35.2 Å². The van der Waals surface area contributed by atoms with Gasteiger partial charge in [-0.1, -0.05) is 18.2 Å². The third kappa shape index (κ3) is 2.83. The zero-order valence-corrected chi connectivity index (χ0v) is 14.1. The summed E-state index contributed by atoms with van der Waals surface area (Å²) in [7, 11) is 0. The molecule has 0 radical (unpaired) electrons. The number of benzene rings is 2. The number of thiophene rings is 1. The van der Waals surface area contributed by atoms with Crippen LogP contribution >= 0.6 is 11.3 Å². The van der Waals surface area contributed by atoms with Crippen molar-refractivity contribution in [2.24, 2.45) is 0 Å². The molecular formula is C19H19N3OS. The molecule has 5 heteroatoms. The molecule has 24 heavy (non-hydrogen) atoms. The number of piperazine rings is 1. The molecule has 1 aliphatic heterocycles. The van der Waals surface area contributed by atoms with E-state index in [1.165, 1.54) is 5.69 Å². The zero-order chi connectivity index (χ0) is 16.5. The number of rotatable bonds is 2. The summed E-state index contributed by atoms with van der Waals surface area (Å²) >= 11 is 1.54. The third-order valence-corrected chi connectivity index (χ3v) is 5.54. The van der Waals surface area contributed by atoms with E-state index in [-0.39, 0.29) is 5.91 Å². The molecule has 0 saturated carbocycles. The number of para-hydroxylation sites is 1. The number of hydrogen-bond acceptors (Lipinski definition) is 4. The maximum absolute atomic E-state index is 12.8. The van der Waals surface area contributed by atoms with Gasteiger partial charge in [-0.3, -0.25) is 4.79 Å². The van der Waals surface area contributed by atoms with Gasteiger partial charge < -0.3 is 15.5 Å². The second kappa shape index (κ2) is 6.17. The van der Waals surface area contributed by atoms with Gasteiger partial charge in [0, 0.05) is 42.3 Å². The smallest absolute Gasteiger partial charge is 0.264 e. The number of nitrogens with two attached hydrogens (primary N) is 1. The maximum Gasteiger partial charge on any atom is 0.264 e. The van der Waals surface area contributed by atoms with E-state index in [4.69, 9.17) is 5.73 Å². The number of amides is 1. The molecule has 4 rings (SSSR count). The molecule has 2 aromatic carbocycles. The van der Waals surface area contributed by atoms with Gasteiger partial charge in [-0.05, 0) is 41.8 Å². The second-order valence-corrected chi connectivity index (χ2v) is 7.11. The topological polar surface area (TPSA) is 49.6 Å². The first-order valence-corrected chi connectivity index (χ1v) is 8.91. The van der Waals surface area contributed by atoms with Crippen LogP contribution in [-0.4, -0.2) is 37.0 Å². The highest BCUT2D eigenvalue weighted by molar-refractivity contribution is 7.20. The van der Waals surface area contributed by atoms with Crippen LogP contribution in [0, 0.1) is 0 Å². The van der Waals surface area contributed by atoms with Gasteiger partial charge in [0.2, 0.25) is 0 Å². The first-order valence-electron chi connectivity index (χ1n) is 8.09. The lowest BCUT2D eigenvalue weighted by molar-refractivity contribution is 0.0752. The summed E-state index contributed by atoms with van der Waals surface area (Å²) in [6.07, 6.45) is 0. The average Bonchev–Trinajstić information content (AvgIpc) is 3.05. The van der Waals surface area contributed by atoms with Crippen molar-refractivity contribution in [2.75, 3.05) is 36.8 Å². The molecule has 4 nitrogen and oxygen atoms in total. The van der Waals surface area contributed by atoms with E-state index >= 15 is 0 Å². The van der Waals surface area contributed by atoms with Crippen LogP contribution in [0.4, 0.5) is 11.4 Å². The Bertz CT molecular complexity index is 867. The van der Waals surface area contributed by atoms with E-state index in [0.29, 0.717) is 0 Å². The zero-order valence-electron chi connectivity index (χ0n) is 13.3. The van der Waals surface area contributed by atoms with Crippen LogP contribution < -0.4 is 10.6 Å². The van der Waals surface area contributed by atoms with Crippen molar-refractivity contribution in [1.82, 2.24) is 4.90 Å². The van der Waals surface area contributed by atoms with Crippen LogP contribution in [0.1, 0.15) is 9.67 Å². The monoisotopic (exact) mass is 337 g/mol. The number of hydrogen-bond donors (Lipinski definition) is 1. The molecule has 1 saturated heterocycles. The summed E-state index contributed by atoms with van der Waals surface area (Å²) < 4.78 is 1.11. The van der Waals surface area contributed by atoms with E-state index in [0.717, 1.165) is 46.8 Å². The molecule has 122 valence electrons. The molecule has 1 fully saturated rings. The molecule has 0 bridgehead atoms. The lowest BCUT2D eigenvalue weighted by Gasteiger charge is -2.35. The fourth-order valence-electron chi connectivity index (χ4n) is 3.13. The number of fused-ring (bicyclic) bond motifs is 1. The quantitative estimate of drug-likeness (QED) is 0.729. The van der Waals surface area contributed by atoms with Crippen molar-refractivity contribution < 1.29 is 4.79 Å². The molecule has 0 aliphatic carbocycles. The number of carbonyl (C=O) groups is 1. The Morgan fingerprint density at radius 1 is 0.958 bits per heavy atom. The number of nitrogen functional groups attached to an aromatic ring is 1. The van der Waals surface area contributed by atoms with Gasteiger partial charge in [-0.25, -0.2) is 0 Å². The minimum absolute atomic E-state index is 0.127. The molecule has 3 aromatic rings. The summed E-state index contributed by atoms with van der Waals surface area (Å²) in [6, 6.07) is 18.1. The van der Waals surface area contributed by atoms with Crippen molar-refractivity contribution in [2.45, 2.75) is 0 Å². The highest BCUT2D eigenvalue weighted by Crippen LogP contribution is 2.28. The molecule has 2 N–H and O–H groups in total. The fourth-order valence-corrected chi connectivity index (χ4v) is 4.14. The second-order valence-electron chi connectivity index (χ2n) is 6.02. The van der Waals surface area contributed by atoms with E-state index in [1.54, 1.807) is 11.3 Å². The Morgan fingerprint density at radius 3 is 2.46 bits per heavy atom.